The van der Waals surface area contributed by atoms with E-state index in [2.05, 4.69) is 25.1 Å². The van der Waals surface area contributed by atoms with E-state index in [0.29, 0.717) is 26.7 Å². The Morgan fingerprint density at radius 1 is 1.04 bits per heavy atom. The quantitative estimate of drug-likeness (QED) is 0.775. The summed E-state index contributed by atoms with van der Waals surface area (Å²) in [7, 11) is 0. The first-order valence-electron chi connectivity index (χ1n) is 8.17. The van der Waals surface area contributed by atoms with Gasteiger partial charge in [0.05, 0.1) is 26.8 Å². The van der Waals surface area contributed by atoms with Gasteiger partial charge in [0.25, 0.3) is 0 Å². The molecule has 26 heavy (non-hydrogen) atoms. The molecule has 1 fully saturated rings. The molecule has 6 nitrogen and oxygen atoms in total. The van der Waals surface area contributed by atoms with Gasteiger partial charge in [-0.1, -0.05) is 34.8 Å². The van der Waals surface area contributed by atoms with Crippen LogP contribution in [0.25, 0.3) is 0 Å². The van der Waals surface area contributed by atoms with Crippen molar-refractivity contribution in [1.82, 2.24) is 14.9 Å². The number of halogens is 3. The molecule has 3 rings (SSSR count). The predicted octanol–water partition coefficient (Wildman–Crippen LogP) is 3.59. The number of carbonyl (C=O) groups is 1. The minimum atomic E-state index is -0.306. The van der Waals surface area contributed by atoms with Gasteiger partial charge in [0, 0.05) is 38.6 Å². The van der Waals surface area contributed by atoms with E-state index in [1.54, 1.807) is 24.5 Å². The third kappa shape index (κ3) is 4.38. The molecular weight excluding hydrogens is 397 g/mol. The number of anilines is 2. The highest BCUT2D eigenvalue weighted by Gasteiger charge is 2.27. The lowest BCUT2D eigenvalue weighted by Gasteiger charge is -2.37. The Bertz CT molecular complexity index is 781. The number of nitrogens with zero attached hydrogens (tertiary/aromatic N) is 4. The van der Waals surface area contributed by atoms with E-state index in [0.717, 1.165) is 26.2 Å². The first-order chi connectivity index (χ1) is 12.5. The third-order valence-electron chi connectivity index (χ3n) is 4.34. The zero-order valence-electron chi connectivity index (χ0n) is 14.1. The minimum Gasteiger partial charge on any atom is -0.338 e. The van der Waals surface area contributed by atoms with Gasteiger partial charge in [-0.3, -0.25) is 9.69 Å². The van der Waals surface area contributed by atoms with E-state index in [-0.39, 0.29) is 11.9 Å². The maximum Gasteiger partial charge on any atom is 0.241 e. The molecule has 0 bridgehead atoms. The number of rotatable bonds is 4. The van der Waals surface area contributed by atoms with Crippen molar-refractivity contribution in [3.63, 3.8) is 0 Å². The Labute approximate surface area is 167 Å². The van der Waals surface area contributed by atoms with E-state index in [4.69, 9.17) is 34.8 Å². The second-order valence-electron chi connectivity index (χ2n) is 5.98. The maximum absolute atomic E-state index is 12.6. The van der Waals surface area contributed by atoms with Crippen molar-refractivity contribution >= 4 is 52.3 Å². The molecule has 1 N–H and O–H groups in total. The van der Waals surface area contributed by atoms with E-state index in [1.165, 1.54) is 6.07 Å². The van der Waals surface area contributed by atoms with E-state index in [1.807, 2.05) is 6.92 Å². The normalized spacial score (nSPS) is 16.4. The highest BCUT2D eigenvalue weighted by molar-refractivity contribution is 6.44. The number of nitrogens with one attached hydrogen (secondary N) is 1. The Morgan fingerprint density at radius 2 is 1.65 bits per heavy atom. The molecule has 9 heteroatoms. The fourth-order valence-electron chi connectivity index (χ4n) is 2.79. The van der Waals surface area contributed by atoms with Crippen LogP contribution in [-0.4, -0.2) is 53.0 Å². The lowest BCUT2D eigenvalue weighted by atomic mass is 10.2. The molecule has 0 aliphatic carbocycles. The van der Waals surface area contributed by atoms with Crippen molar-refractivity contribution in [3.05, 3.63) is 45.7 Å². The highest BCUT2D eigenvalue weighted by Crippen LogP contribution is 2.32. The second-order valence-corrected chi connectivity index (χ2v) is 7.20. The standard InChI is InChI=1S/C17H18Cl3N5O/c1-11(16(26)23-15-10-13(19)12(18)9-14(15)20)24-5-7-25(8-6-24)17-21-3-2-4-22-17/h2-4,9-11H,5-8H2,1H3,(H,23,26)/t11-/m1/s1. The number of hydrogen-bond acceptors (Lipinski definition) is 5. The summed E-state index contributed by atoms with van der Waals surface area (Å²) in [6, 6.07) is 4.56. The molecule has 138 valence electrons. The first-order valence-corrected chi connectivity index (χ1v) is 9.30. The van der Waals surface area contributed by atoms with Gasteiger partial charge in [0.2, 0.25) is 11.9 Å². The van der Waals surface area contributed by atoms with E-state index in [9.17, 15) is 4.79 Å². The summed E-state index contributed by atoms with van der Waals surface area (Å²) < 4.78 is 0. The smallest absolute Gasteiger partial charge is 0.241 e. The number of aromatic nitrogens is 2. The van der Waals surface area contributed by atoms with Crippen LogP contribution in [-0.2, 0) is 4.79 Å². The molecule has 2 aromatic rings. The maximum atomic E-state index is 12.6. The second kappa shape index (κ2) is 8.39. The van der Waals surface area contributed by atoms with Crippen molar-refractivity contribution < 1.29 is 4.79 Å². The van der Waals surface area contributed by atoms with Gasteiger partial charge in [-0.25, -0.2) is 9.97 Å². The number of amides is 1. The first kappa shape index (κ1) is 19.2. The zero-order valence-corrected chi connectivity index (χ0v) is 16.4. The fraction of sp³-hybridized carbons (Fsp3) is 0.353. The molecule has 0 saturated carbocycles. The molecule has 0 unspecified atom stereocenters. The Kier molecular flexibility index (Phi) is 6.19. The van der Waals surface area contributed by atoms with Crippen LogP contribution in [0, 0.1) is 0 Å². The Hall–Kier alpha value is -1.60. The van der Waals surface area contributed by atoms with Gasteiger partial charge in [0.15, 0.2) is 0 Å². The van der Waals surface area contributed by atoms with Gasteiger partial charge >= 0.3 is 0 Å². The van der Waals surface area contributed by atoms with Gasteiger partial charge in [-0.2, -0.15) is 0 Å². The van der Waals surface area contributed by atoms with Gasteiger partial charge in [0.1, 0.15) is 0 Å². The van der Waals surface area contributed by atoms with E-state index < -0.39 is 0 Å². The molecular formula is C17H18Cl3N5O. The van der Waals surface area contributed by atoms with Crippen LogP contribution in [0.2, 0.25) is 15.1 Å². The molecule has 1 aromatic heterocycles. The summed E-state index contributed by atoms with van der Waals surface area (Å²) in [6.45, 7) is 4.86. The molecule has 1 saturated heterocycles. The van der Waals surface area contributed by atoms with Crippen LogP contribution in [0.15, 0.2) is 30.6 Å². The number of carbonyl (C=O) groups excluding carboxylic acids is 1. The van der Waals surface area contributed by atoms with Crippen molar-refractivity contribution in [3.8, 4) is 0 Å². The average molecular weight is 415 g/mol. The topological polar surface area (TPSA) is 61.4 Å². The minimum absolute atomic E-state index is 0.144. The van der Waals surface area contributed by atoms with Crippen LogP contribution in [0.1, 0.15) is 6.92 Å². The largest absolute Gasteiger partial charge is 0.338 e. The summed E-state index contributed by atoms with van der Waals surface area (Å²) in [5.41, 5.74) is 0.453. The van der Waals surface area contributed by atoms with Crippen LogP contribution in [0.4, 0.5) is 11.6 Å². The van der Waals surface area contributed by atoms with Gasteiger partial charge in [-0.15, -0.1) is 0 Å². The molecule has 2 heterocycles. The molecule has 0 radical (unpaired) electrons. The summed E-state index contributed by atoms with van der Waals surface area (Å²) >= 11 is 18.1. The fourth-order valence-corrected chi connectivity index (χ4v) is 3.38. The van der Waals surface area contributed by atoms with Crippen molar-refractivity contribution in [1.29, 1.82) is 0 Å². The Morgan fingerprint density at radius 3 is 2.31 bits per heavy atom. The average Bonchev–Trinajstić information content (AvgIpc) is 2.66. The van der Waals surface area contributed by atoms with Crippen LogP contribution in [0.5, 0.6) is 0 Å². The van der Waals surface area contributed by atoms with Crippen LogP contribution < -0.4 is 10.2 Å². The van der Waals surface area contributed by atoms with Crippen molar-refractivity contribution in [2.24, 2.45) is 0 Å². The molecule has 1 amide bonds. The number of hydrogen-bond donors (Lipinski definition) is 1. The SMILES string of the molecule is C[C@H](C(=O)Nc1cc(Cl)c(Cl)cc1Cl)N1CCN(c2ncccn2)CC1. The summed E-state index contributed by atoms with van der Waals surface area (Å²) in [4.78, 5) is 25.3. The van der Waals surface area contributed by atoms with E-state index >= 15 is 0 Å². The lowest BCUT2D eigenvalue weighted by molar-refractivity contribution is -0.120. The number of piperazine rings is 1. The molecule has 1 atom stereocenters. The summed E-state index contributed by atoms with van der Waals surface area (Å²) in [5.74, 6) is 0.571. The number of benzene rings is 1. The Balaban J connectivity index is 1.59. The zero-order chi connectivity index (χ0) is 18.7. The third-order valence-corrected chi connectivity index (χ3v) is 5.38. The summed E-state index contributed by atoms with van der Waals surface area (Å²) in [6.07, 6.45) is 3.46. The molecule has 1 aliphatic heterocycles. The van der Waals surface area contributed by atoms with Crippen molar-refractivity contribution in [2.45, 2.75) is 13.0 Å². The monoisotopic (exact) mass is 413 g/mol. The molecule has 0 spiro atoms. The molecule has 1 aliphatic rings. The molecule has 1 aromatic carbocycles. The predicted molar refractivity (Wildman–Crippen MR) is 105 cm³/mol. The van der Waals surface area contributed by atoms with Crippen LogP contribution >= 0.6 is 34.8 Å². The van der Waals surface area contributed by atoms with Gasteiger partial charge in [-0.05, 0) is 25.1 Å². The van der Waals surface area contributed by atoms with Crippen molar-refractivity contribution in [2.75, 3.05) is 36.4 Å². The lowest BCUT2D eigenvalue weighted by Crippen LogP contribution is -2.53. The van der Waals surface area contributed by atoms with Gasteiger partial charge < -0.3 is 10.2 Å². The van der Waals surface area contributed by atoms with Crippen LogP contribution in [0.3, 0.4) is 0 Å². The highest BCUT2D eigenvalue weighted by atomic mass is 35.5. The summed E-state index contributed by atoms with van der Waals surface area (Å²) in [5, 5.41) is 3.87.